The number of hydrogen-bond acceptors (Lipinski definition) is 1. The van der Waals surface area contributed by atoms with Crippen LogP contribution in [-0.2, 0) is 5.41 Å². The van der Waals surface area contributed by atoms with Crippen LogP contribution in [0, 0.1) is 0 Å². The number of rotatable bonds is 2. The SMILES string of the molecule is CC1(C)c2ccccc2-c2ccc(-n3c4ccccc4c4cc5c6cc7c(cc6n(-c6ccccc6)c5cc43)sc3ccccc37)cc21. The number of para-hydroxylation sites is 2. The Hall–Kier alpha value is -5.64. The first-order chi connectivity index (χ1) is 23.6. The molecule has 0 spiro atoms. The van der Waals surface area contributed by atoms with Crippen LogP contribution in [0.3, 0.4) is 0 Å². The highest BCUT2D eigenvalue weighted by molar-refractivity contribution is 7.25. The Kier molecular flexibility index (Phi) is 5.09. The van der Waals surface area contributed by atoms with E-state index in [4.69, 9.17) is 0 Å². The van der Waals surface area contributed by atoms with Crippen LogP contribution in [0.4, 0.5) is 0 Å². The van der Waals surface area contributed by atoms with E-state index in [1.165, 1.54) is 97.4 Å². The second-order valence-electron chi connectivity index (χ2n) is 13.8. The lowest BCUT2D eigenvalue weighted by molar-refractivity contribution is 0.660. The summed E-state index contributed by atoms with van der Waals surface area (Å²) in [6.07, 6.45) is 0. The number of thiophene rings is 1. The van der Waals surface area contributed by atoms with Crippen molar-refractivity contribution in [2.75, 3.05) is 0 Å². The van der Waals surface area contributed by atoms with E-state index in [1.54, 1.807) is 0 Å². The molecule has 0 fully saturated rings. The van der Waals surface area contributed by atoms with Crippen molar-refractivity contribution in [3.8, 4) is 22.5 Å². The van der Waals surface area contributed by atoms with Gasteiger partial charge in [0.2, 0.25) is 0 Å². The first kappa shape index (κ1) is 26.4. The molecule has 0 aliphatic heterocycles. The molecule has 10 aromatic rings. The summed E-state index contributed by atoms with van der Waals surface area (Å²) in [5.41, 5.74) is 12.7. The summed E-state index contributed by atoms with van der Waals surface area (Å²) in [6.45, 7) is 4.73. The highest BCUT2D eigenvalue weighted by Gasteiger charge is 2.35. The fraction of sp³-hybridized carbons (Fsp3) is 0.0667. The fourth-order valence-corrected chi connectivity index (χ4v) is 9.78. The van der Waals surface area contributed by atoms with E-state index in [0.717, 1.165) is 0 Å². The molecule has 1 aliphatic carbocycles. The Labute approximate surface area is 281 Å². The average molecular weight is 631 g/mol. The molecule has 2 nitrogen and oxygen atoms in total. The van der Waals surface area contributed by atoms with E-state index in [2.05, 4.69) is 169 Å². The molecule has 0 N–H and O–H groups in total. The Morgan fingerprint density at radius 2 is 1.02 bits per heavy atom. The maximum absolute atomic E-state index is 2.49. The summed E-state index contributed by atoms with van der Waals surface area (Å²) in [5, 5.41) is 7.80. The van der Waals surface area contributed by atoms with E-state index in [1.807, 2.05) is 11.3 Å². The molecule has 3 heterocycles. The zero-order valence-electron chi connectivity index (χ0n) is 26.7. The van der Waals surface area contributed by atoms with E-state index >= 15 is 0 Å². The third kappa shape index (κ3) is 3.36. The van der Waals surface area contributed by atoms with E-state index in [-0.39, 0.29) is 5.41 Å². The van der Waals surface area contributed by atoms with Gasteiger partial charge in [-0.05, 0) is 82.9 Å². The van der Waals surface area contributed by atoms with Crippen molar-refractivity contribution in [1.82, 2.24) is 9.13 Å². The number of nitrogens with zero attached hydrogens (tertiary/aromatic N) is 2. The fourth-order valence-electron chi connectivity index (χ4n) is 8.66. The number of benzene rings is 7. The Morgan fingerprint density at radius 3 is 1.88 bits per heavy atom. The molecular weight excluding hydrogens is 601 g/mol. The van der Waals surface area contributed by atoms with Crippen molar-refractivity contribution in [2.45, 2.75) is 19.3 Å². The van der Waals surface area contributed by atoms with Gasteiger partial charge in [0.1, 0.15) is 0 Å². The molecule has 1 aliphatic rings. The van der Waals surface area contributed by atoms with Gasteiger partial charge < -0.3 is 9.13 Å². The number of hydrogen-bond donors (Lipinski definition) is 0. The van der Waals surface area contributed by atoms with Gasteiger partial charge in [0.25, 0.3) is 0 Å². The molecule has 0 unspecified atom stereocenters. The highest BCUT2D eigenvalue weighted by atomic mass is 32.1. The lowest BCUT2D eigenvalue weighted by Gasteiger charge is -2.22. The largest absolute Gasteiger partial charge is 0.309 e. The predicted octanol–water partition coefficient (Wildman–Crippen LogP) is 12.6. The van der Waals surface area contributed by atoms with Gasteiger partial charge in [-0.1, -0.05) is 98.8 Å². The molecule has 0 radical (unpaired) electrons. The molecule has 226 valence electrons. The smallest absolute Gasteiger partial charge is 0.0562 e. The topological polar surface area (TPSA) is 9.86 Å². The zero-order valence-corrected chi connectivity index (χ0v) is 27.5. The minimum Gasteiger partial charge on any atom is -0.309 e. The van der Waals surface area contributed by atoms with Crippen molar-refractivity contribution < 1.29 is 0 Å². The second-order valence-corrected chi connectivity index (χ2v) is 14.9. The molecule has 11 rings (SSSR count). The van der Waals surface area contributed by atoms with Gasteiger partial charge in [-0.15, -0.1) is 11.3 Å². The van der Waals surface area contributed by atoms with Crippen molar-refractivity contribution in [1.29, 1.82) is 0 Å². The van der Waals surface area contributed by atoms with Gasteiger partial charge in [0, 0.05) is 58.5 Å². The monoisotopic (exact) mass is 630 g/mol. The van der Waals surface area contributed by atoms with E-state index < -0.39 is 0 Å². The normalized spacial score (nSPS) is 13.8. The van der Waals surface area contributed by atoms with Crippen molar-refractivity contribution in [3.63, 3.8) is 0 Å². The minimum absolute atomic E-state index is 0.0648. The quantitative estimate of drug-likeness (QED) is 0.180. The molecule has 0 saturated carbocycles. The Morgan fingerprint density at radius 1 is 0.396 bits per heavy atom. The third-order valence-corrected chi connectivity index (χ3v) is 12.0. The number of aromatic nitrogens is 2. The van der Waals surface area contributed by atoms with Crippen LogP contribution in [0.15, 0.2) is 146 Å². The standard InChI is InChI=1S/C45H30N2S/c1-45(2)37-17-9-6-14-29(37)30-21-20-28(22-38(30)45)47-39-18-10-7-15-31(39)33-23-34-35-24-36-32-16-8-11-19-43(32)48-44(36)26-42(35)46(41(34)25-40(33)47)27-12-4-3-5-13-27/h3-26H,1-2H3. The van der Waals surface area contributed by atoms with Crippen molar-refractivity contribution in [2.24, 2.45) is 0 Å². The minimum atomic E-state index is -0.0648. The van der Waals surface area contributed by atoms with Gasteiger partial charge in [-0.2, -0.15) is 0 Å². The molecule has 3 heteroatoms. The molecular formula is C45H30N2S. The molecule has 0 amide bonds. The van der Waals surface area contributed by atoms with Crippen molar-refractivity contribution >= 4 is 75.1 Å². The lowest BCUT2D eigenvalue weighted by atomic mass is 9.82. The van der Waals surface area contributed by atoms with Crippen LogP contribution in [0.2, 0.25) is 0 Å². The molecule has 48 heavy (non-hydrogen) atoms. The molecule has 7 aromatic carbocycles. The lowest BCUT2D eigenvalue weighted by Crippen LogP contribution is -2.15. The van der Waals surface area contributed by atoms with Gasteiger partial charge in [-0.3, -0.25) is 0 Å². The third-order valence-electron chi connectivity index (χ3n) is 10.9. The number of fused-ring (bicyclic) bond motifs is 12. The van der Waals surface area contributed by atoms with Crippen LogP contribution in [0.25, 0.3) is 86.3 Å². The van der Waals surface area contributed by atoms with Crippen LogP contribution in [-0.4, -0.2) is 9.13 Å². The Bertz CT molecular complexity index is 2970. The van der Waals surface area contributed by atoms with Gasteiger partial charge in [-0.25, -0.2) is 0 Å². The summed E-state index contributed by atoms with van der Waals surface area (Å²) >= 11 is 1.88. The molecule has 0 bridgehead atoms. The van der Waals surface area contributed by atoms with Gasteiger partial charge >= 0.3 is 0 Å². The first-order valence-corrected chi connectivity index (χ1v) is 17.5. The summed E-state index contributed by atoms with van der Waals surface area (Å²) < 4.78 is 7.62. The van der Waals surface area contributed by atoms with Crippen LogP contribution in [0.5, 0.6) is 0 Å². The molecule has 0 atom stereocenters. The van der Waals surface area contributed by atoms with Crippen LogP contribution >= 0.6 is 11.3 Å². The summed E-state index contributed by atoms with van der Waals surface area (Å²) in [4.78, 5) is 0. The predicted molar refractivity (Wildman–Crippen MR) is 206 cm³/mol. The Balaban J connectivity index is 1.26. The van der Waals surface area contributed by atoms with Crippen LogP contribution < -0.4 is 0 Å². The summed E-state index contributed by atoms with van der Waals surface area (Å²) in [6, 6.07) is 54.3. The highest BCUT2D eigenvalue weighted by Crippen LogP contribution is 2.50. The summed E-state index contributed by atoms with van der Waals surface area (Å²) in [5.74, 6) is 0. The van der Waals surface area contributed by atoms with Crippen molar-refractivity contribution in [3.05, 3.63) is 157 Å². The van der Waals surface area contributed by atoms with Gasteiger partial charge in [0.15, 0.2) is 0 Å². The molecule has 3 aromatic heterocycles. The zero-order chi connectivity index (χ0) is 31.7. The van der Waals surface area contributed by atoms with Gasteiger partial charge in [0.05, 0.1) is 22.1 Å². The molecule has 0 saturated heterocycles. The van der Waals surface area contributed by atoms with E-state index in [0.29, 0.717) is 0 Å². The average Bonchev–Trinajstić information content (AvgIpc) is 3.81. The van der Waals surface area contributed by atoms with Crippen LogP contribution in [0.1, 0.15) is 25.0 Å². The first-order valence-electron chi connectivity index (χ1n) is 16.7. The maximum atomic E-state index is 2.49. The maximum Gasteiger partial charge on any atom is 0.0562 e. The van der Waals surface area contributed by atoms with E-state index in [9.17, 15) is 0 Å². The summed E-state index contributed by atoms with van der Waals surface area (Å²) in [7, 11) is 0. The second kappa shape index (κ2) is 9.25.